The van der Waals surface area contributed by atoms with Crippen LogP contribution < -0.4 is 9.62 Å². The minimum Gasteiger partial charge on any atom is -0.385 e. The Morgan fingerprint density at radius 1 is 1.36 bits per heavy atom. The summed E-state index contributed by atoms with van der Waals surface area (Å²) in [6, 6.07) is 4.01. The van der Waals surface area contributed by atoms with Crippen molar-refractivity contribution in [2.24, 2.45) is 0 Å². The van der Waals surface area contributed by atoms with E-state index in [-0.39, 0.29) is 5.69 Å². The molecule has 0 aliphatic rings. The number of nitrogens with zero attached hydrogens (tertiary/aromatic N) is 1. The number of methoxy groups -OCH3 is 1. The Labute approximate surface area is 130 Å². The molecule has 0 radical (unpaired) electrons. The number of nitrogens with one attached hydrogen (secondary N) is 1. The molecule has 0 saturated carbocycles. The number of anilines is 1. The van der Waals surface area contributed by atoms with Crippen molar-refractivity contribution in [3.8, 4) is 0 Å². The van der Waals surface area contributed by atoms with Gasteiger partial charge in [0.2, 0.25) is 15.9 Å². The van der Waals surface area contributed by atoms with Gasteiger partial charge in [-0.15, -0.1) is 0 Å². The summed E-state index contributed by atoms with van der Waals surface area (Å²) in [6.07, 6.45) is 1.63. The lowest BCUT2D eigenvalue weighted by Crippen LogP contribution is -2.48. The Morgan fingerprint density at radius 3 is 2.45 bits per heavy atom. The van der Waals surface area contributed by atoms with Crippen LogP contribution >= 0.6 is 0 Å². The molecule has 0 saturated heterocycles. The number of carbonyl (C=O) groups excluding carboxylic acids is 1. The minimum absolute atomic E-state index is 0.239. The molecular formula is C14H21FN2O4S. The molecule has 1 aromatic rings. The van der Waals surface area contributed by atoms with Gasteiger partial charge in [0.1, 0.15) is 11.9 Å². The third-order valence-electron chi connectivity index (χ3n) is 2.99. The number of benzene rings is 1. The standard InChI is InChI=1S/C14H21FN2O4S/c1-11(14(18)16-9-4-10-21-2)17(22(3,19)20)13-7-5-12(15)6-8-13/h5-8,11H,4,9-10H2,1-3H3,(H,16,18)/t11-/m1/s1. The van der Waals surface area contributed by atoms with Gasteiger partial charge in [-0.1, -0.05) is 0 Å². The van der Waals surface area contributed by atoms with Crippen LogP contribution in [0.15, 0.2) is 24.3 Å². The third kappa shape index (κ3) is 5.27. The fourth-order valence-electron chi connectivity index (χ4n) is 1.97. The number of ether oxygens (including phenoxy) is 1. The number of halogens is 1. The quantitative estimate of drug-likeness (QED) is 0.724. The summed E-state index contributed by atoms with van der Waals surface area (Å²) >= 11 is 0. The van der Waals surface area contributed by atoms with E-state index in [2.05, 4.69) is 5.32 Å². The van der Waals surface area contributed by atoms with E-state index in [1.165, 1.54) is 19.1 Å². The van der Waals surface area contributed by atoms with E-state index in [0.717, 1.165) is 22.7 Å². The van der Waals surface area contributed by atoms with Gasteiger partial charge in [0.25, 0.3) is 0 Å². The maximum atomic E-state index is 13.0. The molecule has 1 atom stereocenters. The predicted octanol–water partition coefficient (Wildman–Crippen LogP) is 1.13. The van der Waals surface area contributed by atoms with Gasteiger partial charge < -0.3 is 10.1 Å². The van der Waals surface area contributed by atoms with Crippen LogP contribution in [0.5, 0.6) is 0 Å². The van der Waals surface area contributed by atoms with E-state index in [1.807, 2.05) is 0 Å². The van der Waals surface area contributed by atoms with Crippen LogP contribution in [0.1, 0.15) is 13.3 Å². The smallest absolute Gasteiger partial charge is 0.243 e. The van der Waals surface area contributed by atoms with E-state index < -0.39 is 27.8 Å². The Bertz CT molecular complexity index is 589. The molecule has 1 aromatic carbocycles. The van der Waals surface area contributed by atoms with Crippen molar-refractivity contribution in [1.82, 2.24) is 5.32 Å². The lowest BCUT2D eigenvalue weighted by molar-refractivity contribution is -0.121. The SMILES string of the molecule is COCCCNC(=O)[C@@H](C)N(c1ccc(F)cc1)S(C)(=O)=O. The Kier molecular flexibility index (Phi) is 6.76. The number of sulfonamides is 1. The fourth-order valence-corrected chi connectivity index (χ4v) is 3.15. The molecule has 0 spiro atoms. The van der Waals surface area contributed by atoms with Crippen LogP contribution in [0.2, 0.25) is 0 Å². The molecule has 0 aliphatic heterocycles. The molecule has 1 amide bonds. The van der Waals surface area contributed by atoms with Crippen LogP contribution in [0, 0.1) is 5.82 Å². The van der Waals surface area contributed by atoms with Gasteiger partial charge in [-0.3, -0.25) is 9.10 Å². The van der Waals surface area contributed by atoms with Crippen molar-refractivity contribution >= 4 is 21.6 Å². The zero-order chi connectivity index (χ0) is 16.8. The highest BCUT2D eigenvalue weighted by atomic mass is 32.2. The second kappa shape index (κ2) is 8.09. The molecule has 0 unspecified atom stereocenters. The van der Waals surface area contributed by atoms with Crippen molar-refractivity contribution in [1.29, 1.82) is 0 Å². The van der Waals surface area contributed by atoms with E-state index in [0.29, 0.717) is 19.6 Å². The third-order valence-corrected chi connectivity index (χ3v) is 4.24. The summed E-state index contributed by atoms with van der Waals surface area (Å²) in [5, 5.41) is 2.65. The van der Waals surface area contributed by atoms with Gasteiger partial charge in [-0.2, -0.15) is 0 Å². The topological polar surface area (TPSA) is 75.7 Å². The maximum Gasteiger partial charge on any atom is 0.243 e. The first-order valence-electron chi connectivity index (χ1n) is 6.79. The van der Waals surface area contributed by atoms with Crippen molar-refractivity contribution in [2.75, 3.05) is 30.8 Å². The highest BCUT2D eigenvalue weighted by molar-refractivity contribution is 7.92. The summed E-state index contributed by atoms with van der Waals surface area (Å²) in [7, 11) is -2.13. The highest BCUT2D eigenvalue weighted by Crippen LogP contribution is 2.21. The highest BCUT2D eigenvalue weighted by Gasteiger charge is 2.28. The van der Waals surface area contributed by atoms with Crippen LogP contribution in [0.25, 0.3) is 0 Å². The van der Waals surface area contributed by atoms with Gasteiger partial charge in [0, 0.05) is 20.3 Å². The van der Waals surface area contributed by atoms with Crippen molar-refractivity contribution in [3.05, 3.63) is 30.1 Å². The van der Waals surface area contributed by atoms with E-state index in [1.54, 1.807) is 7.11 Å². The van der Waals surface area contributed by atoms with Gasteiger partial charge in [-0.05, 0) is 37.6 Å². The molecule has 0 aliphatic carbocycles. The van der Waals surface area contributed by atoms with Gasteiger partial charge >= 0.3 is 0 Å². The second-order valence-electron chi connectivity index (χ2n) is 4.85. The number of hydrogen-bond donors (Lipinski definition) is 1. The molecular weight excluding hydrogens is 311 g/mol. The van der Waals surface area contributed by atoms with Crippen molar-refractivity contribution in [3.63, 3.8) is 0 Å². The normalized spacial score (nSPS) is 12.7. The Balaban J connectivity index is 2.88. The molecule has 0 heterocycles. The molecule has 8 heteroatoms. The van der Waals surface area contributed by atoms with Crippen molar-refractivity contribution < 1.29 is 22.3 Å². The summed E-state index contributed by atoms with van der Waals surface area (Å²) in [5.41, 5.74) is 0.239. The minimum atomic E-state index is -3.68. The first-order valence-corrected chi connectivity index (χ1v) is 8.64. The van der Waals surface area contributed by atoms with Crippen LogP contribution in [-0.4, -0.2) is 46.9 Å². The lowest BCUT2D eigenvalue weighted by Gasteiger charge is -2.28. The Morgan fingerprint density at radius 2 is 1.95 bits per heavy atom. The molecule has 1 N–H and O–H groups in total. The zero-order valence-electron chi connectivity index (χ0n) is 12.9. The summed E-state index contributed by atoms with van der Waals surface area (Å²) in [6.45, 7) is 2.37. The largest absolute Gasteiger partial charge is 0.385 e. The number of rotatable bonds is 8. The first kappa shape index (κ1) is 18.4. The van der Waals surface area contributed by atoms with Gasteiger partial charge in [0.15, 0.2) is 0 Å². The molecule has 0 bridgehead atoms. The van der Waals surface area contributed by atoms with Crippen LogP contribution in [0.4, 0.5) is 10.1 Å². The predicted molar refractivity (Wildman–Crippen MR) is 82.7 cm³/mol. The molecule has 124 valence electrons. The average Bonchev–Trinajstić information content (AvgIpc) is 2.44. The summed E-state index contributed by atoms with van der Waals surface area (Å²) < 4.78 is 42.8. The Hall–Kier alpha value is -1.67. The number of hydrogen-bond acceptors (Lipinski definition) is 4. The first-order chi connectivity index (χ1) is 10.3. The monoisotopic (exact) mass is 332 g/mol. The number of carbonyl (C=O) groups is 1. The average molecular weight is 332 g/mol. The summed E-state index contributed by atoms with van der Waals surface area (Å²) in [4.78, 5) is 12.1. The van der Waals surface area contributed by atoms with Crippen LogP contribution in [-0.2, 0) is 19.6 Å². The van der Waals surface area contributed by atoms with Crippen LogP contribution in [0.3, 0.4) is 0 Å². The van der Waals surface area contributed by atoms with Crippen molar-refractivity contribution in [2.45, 2.75) is 19.4 Å². The lowest BCUT2D eigenvalue weighted by atomic mass is 10.2. The molecule has 22 heavy (non-hydrogen) atoms. The van der Waals surface area contributed by atoms with Gasteiger partial charge in [-0.25, -0.2) is 12.8 Å². The molecule has 6 nitrogen and oxygen atoms in total. The van der Waals surface area contributed by atoms with Gasteiger partial charge in [0.05, 0.1) is 11.9 Å². The molecule has 1 rings (SSSR count). The maximum absolute atomic E-state index is 13.0. The molecule has 0 aromatic heterocycles. The number of amides is 1. The summed E-state index contributed by atoms with van der Waals surface area (Å²) in [5.74, 6) is -0.903. The van der Waals surface area contributed by atoms with E-state index >= 15 is 0 Å². The molecule has 0 fully saturated rings. The zero-order valence-corrected chi connectivity index (χ0v) is 13.7. The van der Waals surface area contributed by atoms with E-state index in [9.17, 15) is 17.6 Å². The fraction of sp³-hybridized carbons (Fsp3) is 0.500. The van der Waals surface area contributed by atoms with E-state index in [4.69, 9.17) is 4.74 Å². The second-order valence-corrected chi connectivity index (χ2v) is 6.71.